The molecule has 1 aliphatic heterocycles. The van der Waals surface area contributed by atoms with Gasteiger partial charge in [0.15, 0.2) is 0 Å². The Morgan fingerprint density at radius 2 is 2.00 bits per heavy atom. The predicted molar refractivity (Wildman–Crippen MR) is 89.3 cm³/mol. The van der Waals surface area contributed by atoms with Crippen molar-refractivity contribution in [3.8, 4) is 0 Å². The molecule has 0 aliphatic carbocycles. The highest BCUT2D eigenvalue weighted by molar-refractivity contribution is 9.10. The lowest BCUT2D eigenvalue weighted by Gasteiger charge is -2.38. The van der Waals surface area contributed by atoms with E-state index in [0.717, 1.165) is 22.9 Å². The van der Waals surface area contributed by atoms with Crippen molar-refractivity contribution < 1.29 is 17.9 Å². The zero-order chi connectivity index (χ0) is 17.2. The number of nitrogens with one attached hydrogen (secondary N) is 1. The van der Waals surface area contributed by atoms with E-state index in [0.29, 0.717) is 31.1 Å². The van der Waals surface area contributed by atoms with E-state index in [4.69, 9.17) is 4.74 Å². The minimum absolute atomic E-state index is 0.184. The second-order valence-electron chi connectivity index (χ2n) is 5.67. The predicted octanol–water partition coefficient (Wildman–Crippen LogP) is 4.48. The van der Waals surface area contributed by atoms with Gasteiger partial charge in [0.25, 0.3) is 0 Å². The summed E-state index contributed by atoms with van der Waals surface area (Å²) >= 11 is 4.00. The SMILES string of the molecule is FC(F)(F)c1nnc(NCC2(c3cccc(Br)c3)CCOCC2)s1. The van der Waals surface area contributed by atoms with Crippen LogP contribution in [0.25, 0.3) is 0 Å². The molecule has 1 aromatic heterocycles. The fourth-order valence-corrected chi connectivity index (χ4v) is 3.81. The van der Waals surface area contributed by atoms with Crippen LogP contribution in [0.5, 0.6) is 0 Å². The minimum Gasteiger partial charge on any atom is -0.381 e. The summed E-state index contributed by atoms with van der Waals surface area (Å²) in [5.74, 6) is 0. The smallest absolute Gasteiger partial charge is 0.381 e. The van der Waals surface area contributed by atoms with Crippen LogP contribution in [-0.2, 0) is 16.3 Å². The van der Waals surface area contributed by atoms with Crippen molar-refractivity contribution in [1.29, 1.82) is 0 Å². The van der Waals surface area contributed by atoms with E-state index in [9.17, 15) is 13.2 Å². The van der Waals surface area contributed by atoms with Crippen LogP contribution in [-0.4, -0.2) is 30.0 Å². The Hall–Kier alpha value is -1.19. The third kappa shape index (κ3) is 3.89. The summed E-state index contributed by atoms with van der Waals surface area (Å²) in [6, 6.07) is 8.00. The number of nitrogens with zero attached hydrogens (tertiary/aromatic N) is 2. The van der Waals surface area contributed by atoms with E-state index in [1.54, 1.807) is 0 Å². The van der Waals surface area contributed by atoms with Crippen LogP contribution in [0.3, 0.4) is 0 Å². The molecule has 2 aromatic rings. The van der Waals surface area contributed by atoms with E-state index < -0.39 is 11.2 Å². The zero-order valence-corrected chi connectivity index (χ0v) is 15.0. The van der Waals surface area contributed by atoms with E-state index in [1.165, 1.54) is 0 Å². The first-order valence-corrected chi connectivity index (χ1v) is 8.98. The number of aromatic nitrogens is 2. The summed E-state index contributed by atoms with van der Waals surface area (Å²) in [7, 11) is 0. The summed E-state index contributed by atoms with van der Waals surface area (Å²) in [6.07, 6.45) is -2.87. The first-order valence-electron chi connectivity index (χ1n) is 7.37. The Balaban J connectivity index is 1.79. The van der Waals surface area contributed by atoms with Crippen molar-refractivity contribution in [1.82, 2.24) is 10.2 Å². The molecule has 1 aliphatic rings. The molecule has 130 valence electrons. The number of halogens is 4. The lowest BCUT2D eigenvalue weighted by molar-refractivity contribution is -0.138. The number of ether oxygens (including phenoxy) is 1. The molecule has 0 atom stereocenters. The van der Waals surface area contributed by atoms with Crippen LogP contribution < -0.4 is 5.32 Å². The van der Waals surface area contributed by atoms with Gasteiger partial charge in [-0.2, -0.15) is 13.2 Å². The highest BCUT2D eigenvalue weighted by atomic mass is 79.9. The zero-order valence-electron chi connectivity index (χ0n) is 12.6. The average Bonchev–Trinajstić information content (AvgIpc) is 3.03. The van der Waals surface area contributed by atoms with Crippen LogP contribution in [0, 0.1) is 0 Å². The Morgan fingerprint density at radius 1 is 1.25 bits per heavy atom. The summed E-state index contributed by atoms with van der Waals surface area (Å²) in [6.45, 7) is 1.73. The van der Waals surface area contributed by atoms with Crippen LogP contribution in [0.2, 0.25) is 0 Å². The van der Waals surface area contributed by atoms with Gasteiger partial charge >= 0.3 is 6.18 Å². The lowest BCUT2D eigenvalue weighted by atomic mass is 9.74. The van der Waals surface area contributed by atoms with Crippen molar-refractivity contribution in [2.75, 3.05) is 25.1 Å². The van der Waals surface area contributed by atoms with Gasteiger partial charge in [-0.15, -0.1) is 10.2 Å². The lowest BCUT2D eigenvalue weighted by Crippen LogP contribution is -2.40. The molecule has 4 nitrogen and oxygen atoms in total. The van der Waals surface area contributed by atoms with E-state index in [2.05, 4.69) is 31.4 Å². The maximum absolute atomic E-state index is 12.6. The first-order chi connectivity index (χ1) is 11.4. The third-order valence-electron chi connectivity index (χ3n) is 4.13. The molecule has 9 heteroatoms. The van der Waals surface area contributed by atoms with Crippen molar-refractivity contribution in [3.63, 3.8) is 0 Å². The van der Waals surface area contributed by atoms with Crippen molar-refractivity contribution >= 4 is 32.4 Å². The molecule has 0 radical (unpaired) electrons. The highest BCUT2D eigenvalue weighted by Gasteiger charge is 2.37. The second kappa shape index (κ2) is 6.97. The van der Waals surface area contributed by atoms with Crippen LogP contribution >= 0.6 is 27.3 Å². The number of benzene rings is 1. The molecule has 0 saturated carbocycles. The molecule has 24 heavy (non-hydrogen) atoms. The normalized spacial score (nSPS) is 17.7. The van der Waals surface area contributed by atoms with E-state index >= 15 is 0 Å². The maximum atomic E-state index is 12.6. The fraction of sp³-hybridized carbons (Fsp3) is 0.467. The number of rotatable bonds is 4. The van der Waals surface area contributed by atoms with Gasteiger partial charge in [0.1, 0.15) is 0 Å². The maximum Gasteiger partial charge on any atom is 0.445 e. The Kier molecular flexibility index (Phi) is 5.12. The van der Waals surface area contributed by atoms with Gasteiger partial charge in [-0.3, -0.25) is 0 Å². The molecule has 0 amide bonds. The molecule has 1 saturated heterocycles. The van der Waals surface area contributed by atoms with Gasteiger partial charge in [-0.25, -0.2) is 0 Å². The Morgan fingerprint density at radius 3 is 2.62 bits per heavy atom. The number of hydrogen-bond acceptors (Lipinski definition) is 5. The van der Waals surface area contributed by atoms with Crippen molar-refractivity contribution in [3.05, 3.63) is 39.3 Å². The molecule has 3 rings (SSSR count). The minimum atomic E-state index is -4.46. The summed E-state index contributed by atoms with van der Waals surface area (Å²) < 4.78 is 44.4. The highest BCUT2D eigenvalue weighted by Crippen LogP contribution is 2.37. The van der Waals surface area contributed by atoms with Crippen LogP contribution in [0.15, 0.2) is 28.7 Å². The largest absolute Gasteiger partial charge is 0.445 e. The van der Waals surface area contributed by atoms with Gasteiger partial charge in [0.2, 0.25) is 10.1 Å². The Bertz CT molecular complexity index is 701. The van der Waals surface area contributed by atoms with Crippen LogP contribution in [0.1, 0.15) is 23.4 Å². The summed E-state index contributed by atoms with van der Waals surface area (Å²) in [5.41, 5.74) is 0.930. The molecule has 0 spiro atoms. The fourth-order valence-electron chi connectivity index (χ4n) is 2.80. The molecular formula is C15H15BrF3N3OS. The summed E-state index contributed by atoms with van der Waals surface area (Å²) in [4.78, 5) is 0. The molecule has 1 N–H and O–H groups in total. The Labute approximate surface area is 149 Å². The molecule has 0 bridgehead atoms. The quantitative estimate of drug-likeness (QED) is 0.790. The molecule has 1 aromatic carbocycles. The standard InChI is InChI=1S/C15H15BrF3N3OS/c16-11-3-1-2-10(8-11)14(4-6-23-7-5-14)9-20-13-22-21-12(24-13)15(17,18)19/h1-3,8H,4-7,9H2,(H,20,22). The van der Waals surface area contributed by atoms with Gasteiger partial charge < -0.3 is 10.1 Å². The van der Waals surface area contributed by atoms with E-state index in [1.807, 2.05) is 24.3 Å². The third-order valence-corrected chi connectivity index (χ3v) is 5.55. The number of hydrogen-bond donors (Lipinski definition) is 1. The van der Waals surface area contributed by atoms with Gasteiger partial charge in [-0.1, -0.05) is 39.4 Å². The average molecular weight is 422 g/mol. The van der Waals surface area contributed by atoms with Gasteiger partial charge in [0, 0.05) is 29.6 Å². The van der Waals surface area contributed by atoms with Crippen molar-refractivity contribution in [2.45, 2.75) is 24.4 Å². The molecule has 0 unspecified atom stereocenters. The van der Waals surface area contributed by atoms with Crippen molar-refractivity contribution in [2.24, 2.45) is 0 Å². The van der Waals surface area contributed by atoms with Gasteiger partial charge in [-0.05, 0) is 30.5 Å². The molecule has 1 fully saturated rings. The summed E-state index contributed by atoms with van der Waals surface area (Å²) in [5, 5.41) is 9.10. The van der Waals surface area contributed by atoms with Crippen LogP contribution in [0.4, 0.5) is 18.3 Å². The van der Waals surface area contributed by atoms with Gasteiger partial charge in [0.05, 0.1) is 0 Å². The topological polar surface area (TPSA) is 47.0 Å². The van der Waals surface area contributed by atoms with E-state index in [-0.39, 0.29) is 10.5 Å². The first kappa shape index (κ1) is 17.6. The molecule has 2 heterocycles. The monoisotopic (exact) mass is 421 g/mol. The number of anilines is 1. The molecular weight excluding hydrogens is 407 g/mol. The number of alkyl halides is 3. The second-order valence-corrected chi connectivity index (χ2v) is 7.56.